The van der Waals surface area contributed by atoms with Gasteiger partial charge in [-0.15, -0.1) is 0 Å². The predicted octanol–water partition coefficient (Wildman–Crippen LogP) is 0.793. The van der Waals surface area contributed by atoms with E-state index in [2.05, 4.69) is 4.98 Å². The fourth-order valence-corrected chi connectivity index (χ4v) is 1.05. The lowest BCUT2D eigenvalue weighted by atomic mass is 10.2. The number of aliphatic hydroxyl groups excluding tert-OH is 1. The van der Waals surface area contributed by atoms with E-state index in [0.717, 1.165) is 0 Å². The van der Waals surface area contributed by atoms with Crippen LogP contribution in [-0.4, -0.2) is 29.3 Å². The maximum absolute atomic E-state index is 11.3. The molecule has 1 N–H and O–H groups in total. The molecule has 0 saturated heterocycles. The Morgan fingerprint density at radius 2 is 2.36 bits per heavy atom. The molecule has 0 fully saturated rings. The summed E-state index contributed by atoms with van der Waals surface area (Å²) < 4.78 is 4.80. The second-order valence-electron chi connectivity index (χ2n) is 2.71. The van der Waals surface area contributed by atoms with E-state index < -0.39 is 5.97 Å². The van der Waals surface area contributed by atoms with E-state index in [9.17, 15) is 4.79 Å². The Hall–Kier alpha value is -1.42. The molecule has 1 aromatic heterocycles. The Morgan fingerprint density at radius 1 is 1.57 bits per heavy atom. The van der Waals surface area contributed by atoms with E-state index in [0.29, 0.717) is 18.7 Å². The van der Waals surface area contributed by atoms with Crippen LogP contribution < -0.4 is 0 Å². The van der Waals surface area contributed by atoms with Crippen molar-refractivity contribution in [2.24, 2.45) is 0 Å². The Bertz CT molecular complexity index is 312. The molecule has 76 valence electrons. The van der Waals surface area contributed by atoms with Crippen LogP contribution in [0.15, 0.2) is 18.2 Å². The van der Waals surface area contributed by atoms with Crippen LogP contribution in [0, 0.1) is 0 Å². The van der Waals surface area contributed by atoms with Crippen LogP contribution in [0.1, 0.15) is 23.1 Å². The Morgan fingerprint density at radius 3 is 3.00 bits per heavy atom. The molecule has 0 aliphatic heterocycles. The summed E-state index contributed by atoms with van der Waals surface area (Å²) in [4.78, 5) is 15.3. The van der Waals surface area contributed by atoms with Gasteiger partial charge in [0.05, 0.1) is 6.61 Å². The van der Waals surface area contributed by atoms with Crippen molar-refractivity contribution in [3.8, 4) is 0 Å². The van der Waals surface area contributed by atoms with Gasteiger partial charge >= 0.3 is 5.97 Å². The summed E-state index contributed by atoms with van der Waals surface area (Å²) >= 11 is 0. The summed E-state index contributed by atoms with van der Waals surface area (Å²) in [6, 6.07) is 5.09. The quantitative estimate of drug-likeness (QED) is 0.722. The number of nitrogens with zero attached hydrogens (tertiary/aromatic N) is 1. The van der Waals surface area contributed by atoms with Crippen molar-refractivity contribution >= 4 is 5.97 Å². The molecular weight excluding hydrogens is 182 g/mol. The van der Waals surface area contributed by atoms with Crippen molar-refractivity contribution in [3.63, 3.8) is 0 Å². The normalized spacial score (nSPS) is 9.86. The average molecular weight is 195 g/mol. The minimum atomic E-state index is -0.424. The largest absolute Gasteiger partial charge is 0.461 e. The number of aromatic nitrogens is 1. The third-order valence-corrected chi connectivity index (χ3v) is 1.66. The Kier molecular flexibility index (Phi) is 4.07. The minimum Gasteiger partial charge on any atom is -0.461 e. The highest BCUT2D eigenvalue weighted by molar-refractivity contribution is 5.87. The van der Waals surface area contributed by atoms with Crippen LogP contribution in [0.4, 0.5) is 0 Å². The van der Waals surface area contributed by atoms with Crippen molar-refractivity contribution in [1.29, 1.82) is 0 Å². The van der Waals surface area contributed by atoms with E-state index in [4.69, 9.17) is 9.84 Å². The average Bonchev–Trinajstić information content (AvgIpc) is 2.19. The van der Waals surface area contributed by atoms with E-state index in [-0.39, 0.29) is 12.3 Å². The second-order valence-corrected chi connectivity index (χ2v) is 2.71. The summed E-state index contributed by atoms with van der Waals surface area (Å²) in [5.74, 6) is -0.424. The fourth-order valence-electron chi connectivity index (χ4n) is 1.05. The van der Waals surface area contributed by atoms with Gasteiger partial charge in [0.1, 0.15) is 5.69 Å². The molecule has 0 spiro atoms. The molecule has 0 amide bonds. The zero-order valence-corrected chi connectivity index (χ0v) is 8.06. The van der Waals surface area contributed by atoms with Gasteiger partial charge in [-0.25, -0.2) is 9.78 Å². The molecule has 0 saturated carbocycles. The smallest absolute Gasteiger partial charge is 0.356 e. The number of esters is 1. The maximum atomic E-state index is 11.3. The van der Waals surface area contributed by atoms with Gasteiger partial charge in [0.15, 0.2) is 0 Å². The SMILES string of the molecule is CCOC(=O)c1cccc(CCO)n1. The summed E-state index contributed by atoms with van der Waals surface area (Å²) in [7, 11) is 0. The highest BCUT2D eigenvalue weighted by atomic mass is 16.5. The molecule has 0 aliphatic carbocycles. The lowest BCUT2D eigenvalue weighted by Gasteiger charge is -2.02. The Balaban J connectivity index is 2.77. The van der Waals surface area contributed by atoms with Crippen LogP contribution in [-0.2, 0) is 11.2 Å². The number of rotatable bonds is 4. The molecule has 0 aliphatic rings. The van der Waals surface area contributed by atoms with Crippen LogP contribution >= 0.6 is 0 Å². The molecule has 1 heterocycles. The second kappa shape index (κ2) is 5.34. The molecule has 0 aromatic carbocycles. The van der Waals surface area contributed by atoms with Gasteiger partial charge in [0.2, 0.25) is 0 Å². The first-order chi connectivity index (χ1) is 6.77. The Labute approximate surface area is 82.5 Å². The standard InChI is InChI=1S/C10H13NO3/c1-2-14-10(13)9-5-3-4-8(11-9)6-7-12/h3-5,12H,2,6-7H2,1H3. The number of pyridine rings is 1. The third kappa shape index (κ3) is 2.81. The van der Waals surface area contributed by atoms with Gasteiger partial charge in [0, 0.05) is 18.7 Å². The topological polar surface area (TPSA) is 59.4 Å². The molecule has 1 aromatic rings. The molecule has 14 heavy (non-hydrogen) atoms. The molecule has 0 unspecified atom stereocenters. The van der Waals surface area contributed by atoms with Gasteiger partial charge in [-0.2, -0.15) is 0 Å². The van der Waals surface area contributed by atoms with E-state index in [1.165, 1.54) is 0 Å². The number of carbonyl (C=O) groups is 1. The predicted molar refractivity (Wildman–Crippen MR) is 51.0 cm³/mol. The highest BCUT2D eigenvalue weighted by Gasteiger charge is 2.07. The van der Waals surface area contributed by atoms with Crippen LogP contribution in [0.3, 0.4) is 0 Å². The van der Waals surface area contributed by atoms with Crippen LogP contribution in [0.2, 0.25) is 0 Å². The lowest BCUT2D eigenvalue weighted by Crippen LogP contribution is -2.08. The lowest BCUT2D eigenvalue weighted by molar-refractivity contribution is 0.0519. The van der Waals surface area contributed by atoms with Gasteiger partial charge in [-0.05, 0) is 19.1 Å². The molecular formula is C10H13NO3. The third-order valence-electron chi connectivity index (χ3n) is 1.66. The summed E-state index contributed by atoms with van der Waals surface area (Å²) in [6.07, 6.45) is 0.452. The summed E-state index contributed by atoms with van der Waals surface area (Å²) in [5.41, 5.74) is 0.982. The molecule has 1 rings (SSSR count). The zero-order chi connectivity index (χ0) is 10.4. The van der Waals surface area contributed by atoms with Gasteiger partial charge in [-0.3, -0.25) is 0 Å². The molecule has 0 radical (unpaired) electrons. The van der Waals surface area contributed by atoms with E-state index in [1.807, 2.05) is 0 Å². The zero-order valence-electron chi connectivity index (χ0n) is 8.06. The number of carbonyl (C=O) groups excluding carboxylic acids is 1. The van der Waals surface area contributed by atoms with Gasteiger partial charge < -0.3 is 9.84 Å². The fraction of sp³-hybridized carbons (Fsp3) is 0.400. The van der Waals surface area contributed by atoms with Crippen molar-refractivity contribution in [2.45, 2.75) is 13.3 Å². The summed E-state index contributed by atoms with van der Waals surface area (Å²) in [5, 5.41) is 8.70. The first kappa shape index (κ1) is 10.7. The van der Waals surface area contributed by atoms with E-state index >= 15 is 0 Å². The van der Waals surface area contributed by atoms with Gasteiger partial charge in [0.25, 0.3) is 0 Å². The first-order valence-corrected chi connectivity index (χ1v) is 4.52. The van der Waals surface area contributed by atoms with Crippen LogP contribution in [0.5, 0.6) is 0 Å². The number of ether oxygens (including phenoxy) is 1. The molecule has 4 heteroatoms. The number of aliphatic hydroxyl groups is 1. The monoisotopic (exact) mass is 195 g/mol. The molecule has 4 nitrogen and oxygen atoms in total. The van der Waals surface area contributed by atoms with Crippen LogP contribution in [0.25, 0.3) is 0 Å². The van der Waals surface area contributed by atoms with Gasteiger partial charge in [-0.1, -0.05) is 6.07 Å². The van der Waals surface area contributed by atoms with E-state index in [1.54, 1.807) is 25.1 Å². The molecule has 0 atom stereocenters. The minimum absolute atomic E-state index is 0.0271. The highest BCUT2D eigenvalue weighted by Crippen LogP contribution is 2.02. The number of hydrogen-bond acceptors (Lipinski definition) is 4. The van der Waals surface area contributed by atoms with Crippen molar-refractivity contribution in [3.05, 3.63) is 29.6 Å². The maximum Gasteiger partial charge on any atom is 0.356 e. The van der Waals surface area contributed by atoms with Crippen molar-refractivity contribution < 1.29 is 14.6 Å². The van der Waals surface area contributed by atoms with Crippen molar-refractivity contribution in [2.75, 3.05) is 13.2 Å². The number of hydrogen-bond donors (Lipinski definition) is 1. The summed E-state index contributed by atoms with van der Waals surface area (Å²) in [6.45, 7) is 2.11. The van der Waals surface area contributed by atoms with Crippen molar-refractivity contribution in [1.82, 2.24) is 4.98 Å². The molecule has 0 bridgehead atoms. The first-order valence-electron chi connectivity index (χ1n) is 4.52.